The summed E-state index contributed by atoms with van der Waals surface area (Å²) in [6.07, 6.45) is -4.55. The zero-order chi connectivity index (χ0) is 42.9. The second kappa shape index (κ2) is 26.1. The van der Waals surface area contributed by atoms with E-state index in [2.05, 4.69) is 31.9 Å². The SMILES string of the molecule is CC(=O)Nc1c(I)c(C(=O)NCC(O)CO)cc(C(=O)NCC(O)CO)c1I.CC(=O)Nc1cc(C(=O)NCC(O)CO)c(I)c(C(=O)NCC(O)CO)c1I. The fourth-order valence-electron chi connectivity index (χ4n) is 4.01. The van der Waals surface area contributed by atoms with Crippen LogP contribution in [0.1, 0.15) is 55.3 Å². The van der Waals surface area contributed by atoms with E-state index in [0.717, 1.165) is 0 Å². The highest BCUT2D eigenvalue weighted by Gasteiger charge is 2.26. The molecule has 24 heteroatoms. The molecular weight excluding hydrogens is 1200 g/mol. The molecule has 0 aromatic heterocycles. The first-order valence-corrected chi connectivity index (χ1v) is 20.4. The van der Waals surface area contributed by atoms with Gasteiger partial charge in [0.25, 0.3) is 23.6 Å². The first kappa shape index (κ1) is 51.9. The number of anilines is 2. The molecule has 0 spiro atoms. The molecule has 4 atom stereocenters. The number of carbonyl (C=O) groups excluding carboxylic acids is 6. The number of aliphatic hydroxyl groups excluding tert-OH is 8. The summed E-state index contributed by atoms with van der Waals surface area (Å²) in [4.78, 5) is 73.1. The average Bonchev–Trinajstić information content (AvgIpc) is 3.16. The van der Waals surface area contributed by atoms with Crippen LogP contribution in [-0.4, -0.2) is 153 Å². The summed E-state index contributed by atoms with van der Waals surface area (Å²) in [6.45, 7) is -0.328. The highest BCUT2D eigenvalue weighted by atomic mass is 127. The normalized spacial score (nSPS) is 12.8. The number of benzene rings is 2. The highest BCUT2D eigenvalue weighted by Crippen LogP contribution is 2.32. The molecule has 2 rings (SSSR count). The standard InChI is InChI=1S/2C16H21I2N3O7/c1-7(24)21-11-2-10(15(27)19-3-8(25)5-22)13(17)12(14(11)18)16(28)20-4-9(26)6-23;1-7(24)21-14-12(17)10(15(27)19-3-8(25)5-22)2-11(13(14)18)16(28)20-4-9(26)6-23/h2*2,8-9,22-23,25-26H,3-6H2,1H3,(H,19,27)(H,20,28)(H,21,24). The molecule has 312 valence electrons. The van der Waals surface area contributed by atoms with Gasteiger partial charge in [0.05, 0.1) is 95.2 Å². The summed E-state index contributed by atoms with van der Waals surface area (Å²) in [5.41, 5.74) is 0.893. The maximum absolute atomic E-state index is 12.6. The first-order chi connectivity index (χ1) is 26.2. The number of hydrogen-bond acceptors (Lipinski definition) is 14. The van der Waals surface area contributed by atoms with E-state index in [0.29, 0.717) is 14.3 Å². The van der Waals surface area contributed by atoms with E-state index >= 15 is 0 Å². The molecule has 2 aromatic rings. The third kappa shape index (κ3) is 16.6. The molecule has 0 heterocycles. The maximum Gasteiger partial charge on any atom is 0.253 e. The summed E-state index contributed by atoms with van der Waals surface area (Å²) in [7, 11) is 0. The molecule has 0 aliphatic heterocycles. The Bertz CT molecular complexity index is 1650. The Labute approximate surface area is 374 Å². The van der Waals surface area contributed by atoms with Crippen LogP contribution in [-0.2, 0) is 9.59 Å². The van der Waals surface area contributed by atoms with Crippen molar-refractivity contribution < 1.29 is 69.6 Å². The van der Waals surface area contributed by atoms with Crippen LogP contribution in [0.2, 0.25) is 0 Å². The summed E-state index contributed by atoms with van der Waals surface area (Å²) < 4.78 is 1.46. The van der Waals surface area contributed by atoms with E-state index in [9.17, 15) is 49.2 Å². The van der Waals surface area contributed by atoms with Crippen LogP contribution in [0, 0.1) is 14.3 Å². The second-order valence-electron chi connectivity index (χ2n) is 11.5. The lowest BCUT2D eigenvalue weighted by Crippen LogP contribution is -2.36. The lowest BCUT2D eigenvalue weighted by Gasteiger charge is -2.17. The van der Waals surface area contributed by atoms with Crippen molar-refractivity contribution in [3.63, 3.8) is 0 Å². The van der Waals surface area contributed by atoms with Crippen LogP contribution in [0.4, 0.5) is 11.4 Å². The van der Waals surface area contributed by atoms with Crippen molar-refractivity contribution in [2.24, 2.45) is 0 Å². The van der Waals surface area contributed by atoms with E-state index in [1.165, 1.54) is 26.0 Å². The maximum atomic E-state index is 12.6. The van der Waals surface area contributed by atoms with E-state index in [-0.39, 0.29) is 59.8 Å². The minimum Gasteiger partial charge on any atom is -0.394 e. The second-order valence-corrected chi connectivity index (χ2v) is 15.8. The molecule has 0 saturated heterocycles. The zero-order valence-electron chi connectivity index (χ0n) is 29.7. The summed E-state index contributed by atoms with van der Waals surface area (Å²) in [5, 5.41) is 88.0. The quantitative estimate of drug-likeness (QED) is 0.0722. The number of nitrogens with one attached hydrogen (secondary N) is 6. The summed E-state index contributed by atoms with van der Waals surface area (Å²) in [6, 6.07) is 2.74. The van der Waals surface area contributed by atoms with Crippen molar-refractivity contribution >= 4 is 137 Å². The highest BCUT2D eigenvalue weighted by molar-refractivity contribution is 14.1. The molecule has 56 heavy (non-hydrogen) atoms. The number of carbonyl (C=O) groups is 6. The van der Waals surface area contributed by atoms with Crippen LogP contribution >= 0.6 is 90.4 Å². The fraction of sp³-hybridized carbons (Fsp3) is 0.438. The molecule has 2 aromatic carbocycles. The van der Waals surface area contributed by atoms with Gasteiger partial charge in [-0.25, -0.2) is 0 Å². The van der Waals surface area contributed by atoms with Crippen LogP contribution in [0.15, 0.2) is 12.1 Å². The number of aliphatic hydroxyl groups is 8. The number of amides is 6. The van der Waals surface area contributed by atoms with Crippen LogP contribution < -0.4 is 31.9 Å². The Hall–Kier alpha value is -2.14. The van der Waals surface area contributed by atoms with Gasteiger partial charge in [0, 0.05) is 43.6 Å². The largest absolute Gasteiger partial charge is 0.394 e. The van der Waals surface area contributed by atoms with E-state index in [1.54, 1.807) is 0 Å². The van der Waals surface area contributed by atoms with Crippen LogP contribution in [0.25, 0.3) is 0 Å². The van der Waals surface area contributed by atoms with E-state index in [1.807, 2.05) is 90.4 Å². The number of halogens is 4. The van der Waals surface area contributed by atoms with Gasteiger partial charge in [0.2, 0.25) is 11.8 Å². The third-order valence-corrected chi connectivity index (χ3v) is 11.3. The Morgan fingerprint density at radius 1 is 0.500 bits per heavy atom. The molecule has 0 radical (unpaired) electrons. The summed E-state index contributed by atoms with van der Waals surface area (Å²) >= 11 is 7.40. The number of rotatable bonds is 18. The Kier molecular flexibility index (Phi) is 24.1. The molecular formula is C32H42I4N6O14. The van der Waals surface area contributed by atoms with Crippen LogP contribution in [0.5, 0.6) is 0 Å². The molecule has 14 N–H and O–H groups in total. The van der Waals surface area contributed by atoms with Crippen molar-refractivity contribution in [1.29, 1.82) is 0 Å². The monoisotopic (exact) mass is 1240 g/mol. The fourth-order valence-corrected chi connectivity index (χ4v) is 8.37. The topological polar surface area (TPSA) is 336 Å². The molecule has 20 nitrogen and oxygen atoms in total. The van der Waals surface area contributed by atoms with Crippen molar-refractivity contribution in [2.75, 3.05) is 63.2 Å². The van der Waals surface area contributed by atoms with Crippen molar-refractivity contribution in [2.45, 2.75) is 38.3 Å². The molecule has 0 fully saturated rings. The lowest BCUT2D eigenvalue weighted by molar-refractivity contribution is -0.115. The van der Waals surface area contributed by atoms with E-state index in [4.69, 9.17) is 20.4 Å². The van der Waals surface area contributed by atoms with Gasteiger partial charge in [-0.2, -0.15) is 0 Å². The molecule has 0 aliphatic carbocycles. The molecule has 0 saturated carbocycles. The Morgan fingerprint density at radius 3 is 1.14 bits per heavy atom. The average molecular weight is 1240 g/mol. The van der Waals surface area contributed by atoms with Gasteiger partial charge in [-0.05, 0) is 102 Å². The Morgan fingerprint density at radius 2 is 0.821 bits per heavy atom. The van der Waals surface area contributed by atoms with Gasteiger partial charge in [0.15, 0.2) is 0 Å². The lowest BCUT2D eigenvalue weighted by atomic mass is 10.1. The smallest absolute Gasteiger partial charge is 0.253 e. The van der Waals surface area contributed by atoms with Gasteiger partial charge in [-0.15, -0.1) is 0 Å². The van der Waals surface area contributed by atoms with Crippen LogP contribution in [0.3, 0.4) is 0 Å². The molecule has 0 bridgehead atoms. The predicted octanol–water partition coefficient (Wildman–Crippen LogP) is -1.96. The zero-order valence-corrected chi connectivity index (χ0v) is 38.3. The minimum atomic E-state index is -1.14. The van der Waals surface area contributed by atoms with Gasteiger partial charge in [0.1, 0.15) is 0 Å². The molecule has 4 unspecified atom stereocenters. The van der Waals surface area contributed by atoms with Crippen molar-refractivity contribution in [1.82, 2.24) is 21.3 Å². The van der Waals surface area contributed by atoms with Gasteiger partial charge < -0.3 is 72.8 Å². The summed E-state index contributed by atoms with van der Waals surface area (Å²) in [5.74, 6) is -3.22. The van der Waals surface area contributed by atoms with E-state index < -0.39 is 86.3 Å². The van der Waals surface area contributed by atoms with Gasteiger partial charge >= 0.3 is 0 Å². The number of hydrogen-bond donors (Lipinski definition) is 14. The predicted molar refractivity (Wildman–Crippen MR) is 234 cm³/mol. The third-order valence-electron chi connectivity index (χ3n) is 6.81. The van der Waals surface area contributed by atoms with Gasteiger partial charge in [-0.3, -0.25) is 28.8 Å². The first-order valence-electron chi connectivity index (χ1n) is 16.1. The molecule has 6 amide bonds. The van der Waals surface area contributed by atoms with Crippen molar-refractivity contribution in [3.05, 3.63) is 48.7 Å². The van der Waals surface area contributed by atoms with Crippen molar-refractivity contribution in [3.8, 4) is 0 Å². The Balaban J connectivity index is 0.000000560. The molecule has 0 aliphatic rings. The minimum absolute atomic E-state index is 0.0859. The van der Waals surface area contributed by atoms with Gasteiger partial charge in [-0.1, -0.05) is 0 Å².